The molecule has 3 rings (SSSR count). The average molecular weight is 442 g/mol. The minimum Gasteiger partial charge on any atom is -0.492 e. The van der Waals surface area contributed by atoms with E-state index in [1.807, 2.05) is 6.92 Å². The lowest BCUT2D eigenvalue weighted by molar-refractivity contribution is -0.136. The summed E-state index contributed by atoms with van der Waals surface area (Å²) in [6.07, 6.45) is 0.0744. The molecule has 1 saturated heterocycles. The molecule has 1 unspecified atom stereocenters. The first-order valence-corrected chi connectivity index (χ1v) is 10.5. The number of benzene rings is 2. The van der Waals surface area contributed by atoms with E-state index in [2.05, 4.69) is 5.32 Å². The summed E-state index contributed by atoms with van der Waals surface area (Å²) in [5.74, 6) is -1.24. The molecule has 1 aliphatic rings. The van der Waals surface area contributed by atoms with Gasteiger partial charge >= 0.3 is 5.97 Å². The van der Waals surface area contributed by atoms with Crippen LogP contribution in [0.5, 0.6) is 5.75 Å². The van der Waals surface area contributed by atoms with Crippen molar-refractivity contribution in [1.29, 1.82) is 0 Å². The van der Waals surface area contributed by atoms with Gasteiger partial charge in [-0.15, -0.1) is 11.8 Å². The lowest BCUT2D eigenvalue weighted by Gasteiger charge is -2.13. The standard InChI is InChI=1S/C22H22N2O6S/c1-3-29-16-10-6-5-9-15(16)23-19(25)13-30-22(28)14-8-4-7-11-17(14)31-18-12-20(26)24(2)21(18)27/h4-11,18H,3,12-13H2,1-2H3,(H,23,25). The third-order valence-electron chi connectivity index (χ3n) is 4.51. The second-order valence-corrected chi connectivity index (χ2v) is 7.90. The Hall–Kier alpha value is -3.33. The zero-order valence-electron chi connectivity index (χ0n) is 17.1. The number of nitrogens with one attached hydrogen (secondary N) is 1. The van der Waals surface area contributed by atoms with E-state index in [9.17, 15) is 19.2 Å². The van der Waals surface area contributed by atoms with Crippen LogP contribution in [0.3, 0.4) is 0 Å². The number of hydrogen-bond acceptors (Lipinski definition) is 7. The highest BCUT2D eigenvalue weighted by Gasteiger charge is 2.37. The highest BCUT2D eigenvalue weighted by Crippen LogP contribution is 2.33. The van der Waals surface area contributed by atoms with Crippen molar-refractivity contribution in [1.82, 2.24) is 4.90 Å². The Balaban J connectivity index is 1.62. The first-order valence-electron chi connectivity index (χ1n) is 9.65. The number of amides is 3. The summed E-state index contributed by atoms with van der Waals surface area (Å²) in [7, 11) is 1.44. The largest absolute Gasteiger partial charge is 0.492 e. The molecule has 0 radical (unpaired) electrons. The van der Waals surface area contributed by atoms with Crippen LogP contribution in [0.25, 0.3) is 0 Å². The molecule has 3 amide bonds. The lowest BCUT2D eigenvalue weighted by atomic mass is 10.2. The molecule has 0 spiro atoms. The van der Waals surface area contributed by atoms with Crippen molar-refractivity contribution in [3.8, 4) is 5.75 Å². The minimum atomic E-state index is -0.693. The molecular weight excluding hydrogens is 420 g/mol. The van der Waals surface area contributed by atoms with Crippen LogP contribution in [0.15, 0.2) is 53.4 Å². The number of nitrogens with zero attached hydrogens (tertiary/aromatic N) is 1. The molecule has 1 aliphatic heterocycles. The maximum Gasteiger partial charge on any atom is 0.339 e. The summed E-state index contributed by atoms with van der Waals surface area (Å²) in [5, 5.41) is 2.06. The molecule has 1 N–H and O–H groups in total. The Morgan fingerprint density at radius 3 is 2.55 bits per heavy atom. The number of imide groups is 1. The second kappa shape index (κ2) is 10.1. The first-order chi connectivity index (χ1) is 14.9. The van der Waals surface area contributed by atoms with Crippen molar-refractivity contribution in [2.24, 2.45) is 0 Å². The van der Waals surface area contributed by atoms with Gasteiger partial charge in [0.2, 0.25) is 11.8 Å². The van der Waals surface area contributed by atoms with E-state index < -0.39 is 23.7 Å². The molecule has 1 heterocycles. The van der Waals surface area contributed by atoms with Crippen LogP contribution in [0, 0.1) is 0 Å². The van der Waals surface area contributed by atoms with Crippen molar-refractivity contribution in [3.63, 3.8) is 0 Å². The Bertz CT molecular complexity index is 1010. The zero-order valence-corrected chi connectivity index (χ0v) is 17.9. The number of carbonyl (C=O) groups is 4. The van der Waals surface area contributed by atoms with E-state index in [-0.39, 0.29) is 23.8 Å². The van der Waals surface area contributed by atoms with Crippen LogP contribution in [0.1, 0.15) is 23.7 Å². The van der Waals surface area contributed by atoms with E-state index in [1.54, 1.807) is 48.5 Å². The van der Waals surface area contributed by atoms with Crippen LogP contribution in [0.2, 0.25) is 0 Å². The van der Waals surface area contributed by atoms with Gasteiger partial charge in [-0.25, -0.2) is 4.79 Å². The Morgan fingerprint density at radius 2 is 1.84 bits per heavy atom. The van der Waals surface area contributed by atoms with Crippen molar-refractivity contribution < 1.29 is 28.7 Å². The second-order valence-electron chi connectivity index (χ2n) is 6.65. The van der Waals surface area contributed by atoms with Crippen LogP contribution < -0.4 is 10.1 Å². The average Bonchev–Trinajstić information content (AvgIpc) is 3.00. The van der Waals surface area contributed by atoms with Gasteiger partial charge in [0.25, 0.3) is 5.91 Å². The molecule has 31 heavy (non-hydrogen) atoms. The zero-order chi connectivity index (χ0) is 22.4. The summed E-state index contributed by atoms with van der Waals surface area (Å²) >= 11 is 1.14. The van der Waals surface area contributed by atoms with Crippen LogP contribution in [-0.2, 0) is 19.1 Å². The fraction of sp³-hybridized carbons (Fsp3) is 0.273. The summed E-state index contributed by atoms with van der Waals surface area (Å²) in [6.45, 7) is 1.80. The van der Waals surface area contributed by atoms with E-state index >= 15 is 0 Å². The summed E-state index contributed by atoms with van der Waals surface area (Å²) in [5.41, 5.74) is 0.708. The third kappa shape index (κ3) is 5.43. The Labute approximate surface area is 183 Å². The number of para-hydroxylation sites is 2. The minimum absolute atomic E-state index is 0.0744. The summed E-state index contributed by atoms with van der Waals surface area (Å²) in [6, 6.07) is 13.6. The van der Waals surface area contributed by atoms with Gasteiger partial charge in [0, 0.05) is 18.4 Å². The normalized spacial score (nSPS) is 15.7. The lowest BCUT2D eigenvalue weighted by Crippen LogP contribution is -2.26. The maximum atomic E-state index is 12.6. The van der Waals surface area contributed by atoms with Crippen molar-refractivity contribution in [2.75, 3.05) is 25.6 Å². The van der Waals surface area contributed by atoms with Crippen molar-refractivity contribution in [2.45, 2.75) is 23.5 Å². The number of esters is 1. The highest BCUT2D eigenvalue weighted by atomic mass is 32.2. The number of anilines is 1. The van der Waals surface area contributed by atoms with E-state index in [1.165, 1.54) is 7.05 Å². The topological polar surface area (TPSA) is 102 Å². The number of thioether (sulfide) groups is 1. The highest BCUT2D eigenvalue weighted by molar-refractivity contribution is 8.00. The smallest absolute Gasteiger partial charge is 0.339 e. The molecule has 0 saturated carbocycles. The first kappa shape index (κ1) is 22.4. The van der Waals surface area contributed by atoms with Crippen LogP contribution in [0.4, 0.5) is 5.69 Å². The molecule has 0 aromatic heterocycles. The molecule has 9 heteroatoms. The molecule has 8 nitrogen and oxygen atoms in total. The molecule has 2 aromatic rings. The fourth-order valence-corrected chi connectivity index (χ4v) is 4.18. The number of likely N-dealkylation sites (tertiary alicyclic amines) is 1. The fourth-order valence-electron chi connectivity index (χ4n) is 2.95. The molecule has 1 atom stereocenters. The quantitative estimate of drug-likeness (QED) is 0.495. The summed E-state index contributed by atoms with van der Waals surface area (Å²) in [4.78, 5) is 50.3. The van der Waals surface area contributed by atoms with Gasteiger partial charge in [-0.3, -0.25) is 19.3 Å². The van der Waals surface area contributed by atoms with E-state index in [4.69, 9.17) is 9.47 Å². The maximum absolute atomic E-state index is 12.6. The predicted octanol–water partition coefficient (Wildman–Crippen LogP) is 2.73. The van der Waals surface area contributed by atoms with E-state index in [0.29, 0.717) is 22.9 Å². The van der Waals surface area contributed by atoms with Gasteiger partial charge in [-0.2, -0.15) is 0 Å². The molecule has 0 aliphatic carbocycles. The third-order valence-corrected chi connectivity index (χ3v) is 5.77. The number of ether oxygens (including phenoxy) is 2. The van der Waals surface area contributed by atoms with Crippen LogP contribution in [-0.4, -0.2) is 54.1 Å². The van der Waals surface area contributed by atoms with Gasteiger partial charge in [0.15, 0.2) is 6.61 Å². The van der Waals surface area contributed by atoms with Crippen LogP contribution >= 0.6 is 11.8 Å². The number of rotatable bonds is 8. The Kier molecular flexibility index (Phi) is 7.30. The molecule has 2 aromatic carbocycles. The van der Waals surface area contributed by atoms with Crippen molar-refractivity contribution in [3.05, 3.63) is 54.1 Å². The van der Waals surface area contributed by atoms with Gasteiger partial charge < -0.3 is 14.8 Å². The number of carbonyl (C=O) groups excluding carboxylic acids is 4. The van der Waals surface area contributed by atoms with Gasteiger partial charge in [0.05, 0.1) is 23.1 Å². The van der Waals surface area contributed by atoms with E-state index in [0.717, 1.165) is 16.7 Å². The van der Waals surface area contributed by atoms with Gasteiger partial charge in [0.1, 0.15) is 5.75 Å². The monoisotopic (exact) mass is 442 g/mol. The molecule has 1 fully saturated rings. The molecule has 162 valence electrons. The molecule has 0 bridgehead atoms. The SMILES string of the molecule is CCOc1ccccc1NC(=O)COC(=O)c1ccccc1SC1CC(=O)N(C)C1=O. The molecular formula is C22H22N2O6S. The van der Waals surface area contributed by atoms with Gasteiger partial charge in [-0.1, -0.05) is 24.3 Å². The predicted molar refractivity (Wildman–Crippen MR) is 115 cm³/mol. The Morgan fingerprint density at radius 1 is 1.13 bits per heavy atom. The van der Waals surface area contributed by atoms with Gasteiger partial charge in [-0.05, 0) is 31.2 Å². The van der Waals surface area contributed by atoms with Crippen molar-refractivity contribution >= 4 is 41.1 Å². The summed E-state index contributed by atoms with van der Waals surface area (Å²) < 4.78 is 10.6. The number of hydrogen-bond donors (Lipinski definition) is 1.